The first kappa shape index (κ1) is 12.8. The summed E-state index contributed by atoms with van der Waals surface area (Å²) in [6.45, 7) is 2.14. The molecule has 0 amide bonds. The van der Waals surface area contributed by atoms with Crippen molar-refractivity contribution in [2.24, 2.45) is 0 Å². The monoisotopic (exact) mass is 402 g/mol. The summed E-state index contributed by atoms with van der Waals surface area (Å²) in [6, 6.07) is 10.6. The fourth-order valence-electron chi connectivity index (χ4n) is 1.58. The van der Waals surface area contributed by atoms with E-state index in [2.05, 4.69) is 73.9 Å². The maximum atomic E-state index is 4.03. The molecule has 2 aromatic rings. The van der Waals surface area contributed by atoms with E-state index in [4.69, 9.17) is 0 Å². The maximum Gasteiger partial charge on any atom is 0.0499 e. The van der Waals surface area contributed by atoms with Gasteiger partial charge in [0.1, 0.15) is 0 Å². The molecule has 88 valence electrons. The van der Waals surface area contributed by atoms with Crippen LogP contribution >= 0.6 is 38.5 Å². The van der Waals surface area contributed by atoms with E-state index in [0.717, 1.165) is 10.2 Å². The number of nitrogens with one attached hydrogen (secondary N) is 1. The zero-order valence-corrected chi connectivity index (χ0v) is 13.1. The predicted octanol–water partition coefficient (Wildman–Crippen LogP) is 4.62. The van der Waals surface area contributed by atoms with Crippen LogP contribution in [-0.2, 0) is 0 Å². The molecule has 0 fully saturated rings. The average molecular weight is 403 g/mol. The van der Waals surface area contributed by atoms with Gasteiger partial charge in [-0.3, -0.25) is 4.98 Å². The number of benzene rings is 1. The van der Waals surface area contributed by atoms with Crippen LogP contribution in [-0.4, -0.2) is 4.98 Å². The summed E-state index contributed by atoms with van der Waals surface area (Å²) in [4.78, 5) is 4.03. The van der Waals surface area contributed by atoms with Crippen LogP contribution in [0.1, 0.15) is 18.5 Å². The van der Waals surface area contributed by atoms with Crippen LogP contribution in [0.15, 0.2) is 47.2 Å². The third-order valence-corrected chi connectivity index (χ3v) is 3.87. The van der Waals surface area contributed by atoms with E-state index in [1.54, 1.807) is 0 Å². The van der Waals surface area contributed by atoms with Gasteiger partial charge in [0.05, 0.1) is 0 Å². The Hall–Kier alpha value is -0.620. The molecule has 2 nitrogen and oxygen atoms in total. The summed E-state index contributed by atoms with van der Waals surface area (Å²) in [5.74, 6) is 0. The number of rotatable bonds is 3. The number of nitrogens with zero attached hydrogens (tertiary/aromatic N) is 1. The Kier molecular flexibility index (Phi) is 4.39. The third kappa shape index (κ3) is 3.42. The Morgan fingerprint density at radius 3 is 2.65 bits per heavy atom. The normalized spacial score (nSPS) is 12.2. The van der Waals surface area contributed by atoms with Crippen molar-refractivity contribution in [2.45, 2.75) is 13.0 Å². The Labute approximate surface area is 123 Å². The maximum absolute atomic E-state index is 4.03. The van der Waals surface area contributed by atoms with E-state index in [1.165, 1.54) is 9.13 Å². The van der Waals surface area contributed by atoms with Crippen LogP contribution in [0.25, 0.3) is 0 Å². The zero-order chi connectivity index (χ0) is 12.3. The van der Waals surface area contributed by atoms with Gasteiger partial charge in [-0.15, -0.1) is 0 Å². The van der Waals surface area contributed by atoms with Gasteiger partial charge in [-0.25, -0.2) is 0 Å². The smallest absolute Gasteiger partial charge is 0.0499 e. The second-order valence-corrected chi connectivity index (χ2v) is 5.87. The van der Waals surface area contributed by atoms with Crippen molar-refractivity contribution in [3.05, 3.63) is 56.3 Å². The molecule has 0 saturated carbocycles. The largest absolute Gasteiger partial charge is 0.378 e. The Morgan fingerprint density at radius 1 is 1.24 bits per heavy atom. The van der Waals surface area contributed by atoms with Gasteiger partial charge in [-0.1, -0.05) is 0 Å². The molecule has 0 aliphatic rings. The Balaban J connectivity index is 2.18. The fraction of sp³-hybridized carbons (Fsp3) is 0.154. The lowest BCUT2D eigenvalue weighted by Crippen LogP contribution is -2.07. The van der Waals surface area contributed by atoms with E-state index in [0.29, 0.717) is 0 Å². The number of anilines is 1. The highest BCUT2D eigenvalue weighted by atomic mass is 127. The van der Waals surface area contributed by atoms with E-state index < -0.39 is 0 Å². The molecule has 1 heterocycles. The standard InChI is InChI=1S/C13H12BrIN2/c1-9(10-4-6-16-7-5-10)17-13-8-11(15)2-3-12(13)14/h2-9,17H,1H3. The third-order valence-electron chi connectivity index (χ3n) is 2.51. The van der Waals surface area contributed by atoms with Crippen molar-refractivity contribution >= 4 is 44.2 Å². The zero-order valence-electron chi connectivity index (χ0n) is 9.32. The van der Waals surface area contributed by atoms with Gasteiger partial charge in [0.15, 0.2) is 0 Å². The lowest BCUT2D eigenvalue weighted by Gasteiger charge is -2.16. The fourth-order valence-corrected chi connectivity index (χ4v) is 2.43. The summed E-state index contributed by atoms with van der Waals surface area (Å²) in [6.07, 6.45) is 3.63. The van der Waals surface area contributed by atoms with E-state index in [1.807, 2.05) is 24.5 Å². The summed E-state index contributed by atoms with van der Waals surface area (Å²) >= 11 is 5.87. The van der Waals surface area contributed by atoms with Gasteiger partial charge < -0.3 is 5.32 Å². The number of hydrogen-bond acceptors (Lipinski definition) is 2. The minimum absolute atomic E-state index is 0.257. The van der Waals surface area contributed by atoms with Gasteiger partial charge >= 0.3 is 0 Å². The number of hydrogen-bond donors (Lipinski definition) is 1. The summed E-state index contributed by atoms with van der Waals surface area (Å²) in [7, 11) is 0. The van der Waals surface area contributed by atoms with E-state index in [9.17, 15) is 0 Å². The molecule has 1 aromatic carbocycles. The summed E-state index contributed by atoms with van der Waals surface area (Å²) in [5, 5.41) is 3.49. The number of halogens is 2. The van der Waals surface area contributed by atoms with Crippen molar-refractivity contribution in [3.63, 3.8) is 0 Å². The molecule has 4 heteroatoms. The van der Waals surface area contributed by atoms with Gasteiger partial charge in [-0.2, -0.15) is 0 Å². The van der Waals surface area contributed by atoms with Gasteiger partial charge in [-0.05, 0) is 81.3 Å². The van der Waals surface area contributed by atoms with Crippen LogP contribution in [0.4, 0.5) is 5.69 Å². The van der Waals surface area contributed by atoms with Crippen LogP contribution in [0.5, 0.6) is 0 Å². The quantitative estimate of drug-likeness (QED) is 0.757. The van der Waals surface area contributed by atoms with Crippen molar-refractivity contribution in [1.82, 2.24) is 4.98 Å². The first-order valence-electron chi connectivity index (χ1n) is 5.28. The van der Waals surface area contributed by atoms with Crippen LogP contribution in [0, 0.1) is 3.57 Å². The van der Waals surface area contributed by atoms with Crippen molar-refractivity contribution in [3.8, 4) is 0 Å². The first-order chi connectivity index (χ1) is 8.16. The summed E-state index contributed by atoms with van der Waals surface area (Å²) in [5.41, 5.74) is 2.34. The lowest BCUT2D eigenvalue weighted by atomic mass is 10.1. The number of aromatic nitrogens is 1. The molecule has 0 spiro atoms. The highest BCUT2D eigenvalue weighted by Crippen LogP contribution is 2.28. The molecule has 2 rings (SSSR count). The molecule has 1 N–H and O–H groups in total. The minimum atomic E-state index is 0.257. The molecule has 0 saturated heterocycles. The minimum Gasteiger partial charge on any atom is -0.378 e. The first-order valence-corrected chi connectivity index (χ1v) is 7.15. The van der Waals surface area contributed by atoms with E-state index in [-0.39, 0.29) is 6.04 Å². The van der Waals surface area contributed by atoms with Crippen LogP contribution in [0.3, 0.4) is 0 Å². The van der Waals surface area contributed by atoms with E-state index >= 15 is 0 Å². The van der Waals surface area contributed by atoms with Gasteiger partial charge in [0, 0.05) is 32.2 Å². The lowest BCUT2D eigenvalue weighted by molar-refractivity contribution is 0.879. The van der Waals surface area contributed by atoms with Gasteiger partial charge in [0.2, 0.25) is 0 Å². The number of pyridine rings is 1. The second-order valence-electron chi connectivity index (χ2n) is 3.77. The van der Waals surface area contributed by atoms with Crippen molar-refractivity contribution in [1.29, 1.82) is 0 Å². The molecular weight excluding hydrogens is 391 g/mol. The molecule has 0 aliphatic heterocycles. The molecule has 1 atom stereocenters. The topological polar surface area (TPSA) is 24.9 Å². The van der Waals surface area contributed by atoms with Gasteiger partial charge in [0.25, 0.3) is 0 Å². The molecule has 1 aromatic heterocycles. The molecule has 17 heavy (non-hydrogen) atoms. The molecular formula is C13H12BrIN2. The highest BCUT2D eigenvalue weighted by Gasteiger charge is 2.07. The highest BCUT2D eigenvalue weighted by molar-refractivity contribution is 14.1. The second kappa shape index (κ2) is 5.82. The van der Waals surface area contributed by atoms with Crippen LogP contribution < -0.4 is 5.32 Å². The molecule has 0 aliphatic carbocycles. The SMILES string of the molecule is CC(Nc1cc(I)ccc1Br)c1ccncc1. The van der Waals surface area contributed by atoms with Crippen LogP contribution in [0.2, 0.25) is 0 Å². The van der Waals surface area contributed by atoms with Crippen molar-refractivity contribution < 1.29 is 0 Å². The molecule has 1 unspecified atom stereocenters. The molecule has 0 radical (unpaired) electrons. The Bertz CT molecular complexity index is 502. The predicted molar refractivity (Wildman–Crippen MR) is 83.1 cm³/mol. The average Bonchev–Trinajstić information content (AvgIpc) is 2.35. The summed E-state index contributed by atoms with van der Waals surface area (Å²) < 4.78 is 2.30. The van der Waals surface area contributed by atoms with Crippen molar-refractivity contribution in [2.75, 3.05) is 5.32 Å². The molecule has 0 bridgehead atoms. The Morgan fingerprint density at radius 2 is 1.94 bits per heavy atom.